The number of aryl methyl sites for hydroxylation is 1. The Kier molecular flexibility index (Phi) is 6.93. The number of ether oxygens (including phenoxy) is 1. The number of nitrogens with zero attached hydrogens (tertiary/aromatic N) is 2. The van der Waals surface area contributed by atoms with Gasteiger partial charge in [0.15, 0.2) is 0 Å². The van der Waals surface area contributed by atoms with Crippen molar-refractivity contribution in [3.8, 4) is 5.75 Å². The molecular formula is C27H29N3O3. The molecule has 4 rings (SSSR count). The number of nitrogens with one attached hydrogen (secondary N) is 1. The molecule has 33 heavy (non-hydrogen) atoms. The molecule has 0 atom stereocenters. The summed E-state index contributed by atoms with van der Waals surface area (Å²) in [6.45, 7) is 4.41. The van der Waals surface area contributed by atoms with Crippen LogP contribution in [0.1, 0.15) is 33.5 Å². The van der Waals surface area contributed by atoms with E-state index in [0.717, 1.165) is 35.5 Å². The quantitative estimate of drug-likeness (QED) is 0.572. The second kappa shape index (κ2) is 10.2. The number of carbonyl (C=O) groups is 2. The minimum absolute atomic E-state index is 0.0292. The van der Waals surface area contributed by atoms with Gasteiger partial charge in [-0.15, -0.1) is 0 Å². The zero-order valence-electron chi connectivity index (χ0n) is 19.1. The maximum absolute atomic E-state index is 13.2. The summed E-state index contributed by atoms with van der Waals surface area (Å²) in [7, 11) is 1.62. The fourth-order valence-corrected chi connectivity index (χ4v) is 4.04. The van der Waals surface area contributed by atoms with E-state index in [2.05, 4.69) is 24.4 Å². The molecule has 6 nitrogen and oxygen atoms in total. The van der Waals surface area contributed by atoms with Gasteiger partial charge in [-0.2, -0.15) is 0 Å². The molecule has 1 aliphatic heterocycles. The molecule has 3 aromatic carbocycles. The second-order valence-corrected chi connectivity index (χ2v) is 8.22. The Morgan fingerprint density at radius 1 is 1.00 bits per heavy atom. The second-order valence-electron chi connectivity index (χ2n) is 8.22. The van der Waals surface area contributed by atoms with Gasteiger partial charge in [0.25, 0.3) is 5.91 Å². The van der Waals surface area contributed by atoms with E-state index in [9.17, 15) is 9.59 Å². The van der Waals surface area contributed by atoms with Crippen LogP contribution in [0.4, 0.5) is 10.5 Å². The van der Waals surface area contributed by atoms with Crippen LogP contribution in [0.3, 0.4) is 0 Å². The Balaban J connectivity index is 1.44. The fraction of sp³-hybridized carbons (Fsp3) is 0.259. The third-order valence-corrected chi connectivity index (χ3v) is 5.94. The summed E-state index contributed by atoms with van der Waals surface area (Å²) in [5.74, 6) is 0.573. The number of urea groups is 1. The monoisotopic (exact) mass is 443 g/mol. The largest absolute Gasteiger partial charge is 0.497 e. The summed E-state index contributed by atoms with van der Waals surface area (Å²) in [6.07, 6.45) is 0.879. The third kappa shape index (κ3) is 5.34. The molecule has 1 fully saturated rings. The van der Waals surface area contributed by atoms with E-state index in [1.165, 1.54) is 5.56 Å². The Morgan fingerprint density at radius 3 is 2.64 bits per heavy atom. The van der Waals surface area contributed by atoms with Crippen LogP contribution in [0, 0.1) is 6.92 Å². The number of carbonyl (C=O) groups excluding carboxylic acids is 2. The highest BCUT2D eigenvalue weighted by atomic mass is 16.5. The van der Waals surface area contributed by atoms with Gasteiger partial charge in [0.05, 0.1) is 7.11 Å². The molecule has 0 aromatic heterocycles. The molecule has 1 aliphatic rings. The number of anilines is 1. The predicted molar refractivity (Wildman–Crippen MR) is 130 cm³/mol. The summed E-state index contributed by atoms with van der Waals surface area (Å²) in [6, 6.07) is 23.0. The third-order valence-electron chi connectivity index (χ3n) is 5.94. The topological polar surface area (TPSA) is 61.9 Å². The maximum atomic E-state index is 13.2. The van der Waals surface area contributed by atoms with Gasteiger partial charge in [-0.3, -0.25) is 9.69 Å². The van der Waals surface area contributed by atoms with E-state index in [1.54, 1.807) is 24.1 Å². The molecule has 0 bridgehead atoms. The van der Waals surface area contributed by atoms with Crippen LogP contribution in [0.5, 0.6) is 5.75 Å². The van der Waals surface area contributed by atoms with Crippen LogP contribution in [0.25, 0.3) is 0 Å². The van der Waals surface area contributed by atoms with Gasteiger partial charge < -0.3 is 15.0 Å². The first-order chi connectivity index (χ1) is 16.0. The lowest BCUT2D eigenvalue weighted by Gasteiger charge is -2.36. The average molecular weight is 444 g/mol. The van der Waals surface area contributed by atoms with Crippen molar-refractivity contribution in [3.05, 3.63) is 95.1 Å². The van der Waals surface area contributed by atoms with Crippen molar-refractivity contribution >= 4 is 17.6 Å². The SMILES string of the molecule is COc1cccc(CNC(=O)c2cccc(N3CCCN(Cc4ccccc4C)C3=O)c2)c1. The molecule has 6 heteroatoms. The molecule has 3 aromatic rings. The molecule has 1 heterocycles. The Morgan fingerprint density at radius 2 is 1.82 bits per heavy atom. The van der Waals surface area contributed by atoms with E-state index in [-0.39, 0.29) is 11.9 Å². The predicted octanol–water partition coefficient (Wildman–Crippen LogP) is 4.77. The van der Waals surface area contributed by atoms with Crippen molar-refractivity contribution in [2.75, 3.05) is 25.1 Å². The molecule has 0 saturated carbocycles. The van der Waals surface area contributed by atoms with Crippen molar-refractivity contribution in [1.29, 1.82) is 0 Å². The molecule has 1 saturated heterocycles. The van der Waals surface area contributed by atoms with E-state index in [0.29, 0.717) is 25.2 Å². The van der Waals surface area contributed by atoms with Crippen LogP contribution >= 0.6 is 0 Å². The van der Waals surface area contributed by atoms with Crippen LogP contribution in [-0.4, -0.2) is 37.0 Å². The Hall–Kier alpha value is -3.80. The molecule has 1 N–H and O–H groups in total. The molecule has 170 valence electrons. The van der Waals surface area contributed by atoms with Gasteiger partial charge in [0, 0.05) is 37.4 Å². The lowest BCUT2D eigenvalue weighted by atomic mass is 10.1. The van der Waals surface area contributed by atoms with Crippen LogP contribution < -0.4 is 15.0 Å². The smallest absolute Gasteiger partial charge is 0.324 e. The Bertz CT molecular complexity index is 1140. The van der Waals surface area contributed by atoms with Gasteiger partial charge in [-0.1, -0.05) is 42.5 Å². The highest BCUT2D eigenvalue weighted by molar-refractivity contribution is 5.98. The molecule has 0 aliphatic carbocycles. The van der Waals surface area contributed by atoms with Crippen LogP contribution in [-0.2, 0) is 13.1 Å². The first-order valence-electron chi connectivity index (χ1n) is 11.2. The van der Waals surface area contributed by atoms with Gasteiger partial charge in [0.2, 0.25) is 0 Å². The summed E-state index contributed by atoms with van der Waals surface area (Å²) in [4.78, 5) is 29.6. The number of amides is 3. The van der Waals surface area contributed by atoms with Crippen molar-refractivity contribution < 1.29 is 14.3 Å². The van der Waals surface area contributed by atoms with Crippen molar-refractivity contribution in [1.82, 2.24) is 10.2 Å². The summed E-state index contributed by atoms with van der Waals surface area (Å²) in [5, 5.41) is 2.95. The Labute approximate surface area is 194 Å². The summed E-state index contributed by atoms with van der Waals surface area (Å²) in [5.41, 5.74) is 4.55. The normalized spacial score (nSPS) is 13.7. The number of methoxy groups -OCH3 is 1. The van der Waals surface area contributed by atoms with E-state index < -0.39 is 0 Å². The number of hydrogen-bond acceptors (Lipinski definition) is 3. The zero-order chi connectivity index (χ0) is 23.2. The van der Waals surface area contributed by atoms with E-state index in [4.69, 9.17) is 4.74 Å². The van der Waals surface area contributed by atoms with Crippen LogP contribution in [0.2, 0.25) is 0 Å². The molecule has 0 unspecified atom stereocenters. The van der Waals surface area contributed by atoms with Gasteiger partial charge in [-0.05, 0) is 60.4 Å². The first-order valence-corrected chi connectivity index (χ1v) is 11.2. The maximum Gasteiger partial charge on any atom is 0.324 e. The summed E-state index contributed by atoms with van der Waals surface area (Å²) >= 11 is 0. The lowest BCUT2D eigenvalue weighted by Crippen LogP contribution is -2.49. The minimum atomic E-state index is -0.180. The fourth-order valence-electron chi connectivity index (χ4n) is 4.04. The lowest BCUT2D eigenvalue weighted by molar-refractivity contribution is 0.0950. The number of rotatable bonds is 7. The highest BCUT2D eigenvalue weighted by Crippen LogP contribution is 2.23. The van der Waals surface area contributed by atoms with Gasteiger partial charge >= 0.3 is 6.03 Å². The van der Waals surface area contributed by atoms with Crippen molar-refractivity contribution in [2.45, 2.75) is 26.4 Å². The molecule has 0 spiro atoms. The van der Waals surface area contributed by atoms with Gasteiger partial charge in [-0.25, -0.2) is 4.79 Å². The van der Waals surface area contributed by atoms with Crippen molar-refractivity contribution in [2.24, 2.45) is 0 Å². The number of hydrogen-bond donors (Lipinski definition) is 1. The highest BCUT2D eigenvalue weighted by Gasteiger charge is 2.27. The summed E-state index contributed by atoms with van der Waals surface area (Å²) < 4.78 is 5.24. The van der Waals surface area contributed by atoms with Gasteiger partial charge in [0.1, 0.15) is 5.75 Å². The standard InChI is InChI=1S/C27H29N3O3/c1-20-8-3-4-10-23(20)19-29-14-7-15-30(27(29)32)24-12-6-11-22(17-24)26(31)28-18-21-9-5-13-25(16-21)33-2/h3-6,8-13,16-17H,7,14-15,18-19H2,1-2H3,(H,28,31). The van der Waals surface area contributed by atoms with Crippen molar-refractivity contribution in [3.63, 3.8) is 0 Å². The van der Waals surface area contributed by atoms with E-state index in [1.807, 2.05) is 53.4 Å². The number of benzene rings is 3. The molecule has 0 radical (unpaired) electrons. The minimum Gasteiger partial charge on any atom is -0.497 e. The van der Waals surface area contributed by atoms with Crippen LogP contribution in [0.15, 0.2) is 72.8 Å². The molecular weight excluding hydrogens is 414 g/mol. The first kappa shape index (κ1) is 22.4. The van der Waals surface area contributed by atoms with E-state index >= 15 is 0 Å². The zero-order valence-corrected chi connectivity index (χ0v) is 19.1. The average Bonchev–Trinajstić information content (AvgIpc) is 2.85. The molecule has 3 amide bonds.